The van der Waals surface area contributed by atoms with Crippen LogP contribution in [-0.4, -0.2) is 30.3 Å². The molecule has 0 saturated carbocycles. The lowest BCUT2D eigenvalue weighted by Gasteiger charge is -2.23. The zero-order valence-electron chi connectivity index (χ0n) is 12.1. The van der Waals surface area contributed by atoms with Crippen LogP contribution in [0.15, 0.2) is 12.1 Å². The first-order valence-corrected chi connectivity index (χ1v) is 6.54. The van der Waals surface area contributed by atoms with Crippen LogP contribution in [0.2, 0.25) is 5.15 Å². The molecule has 1 unspecified atom stereocenters. The van der Waals surface area contributed by atoms with Crippen LogP contribution >= 0.6 is 11.6 Å². The van der Waals surface area contributed by atoms with Crippen molar-refractivity contribution in [1.29, 1.82) is 0 Å². The van der Waals surface area contributed by atoms with Gasteiger partial charge in [-0.3, -0.25) is 0 Å². The van der Waals surface area contributed by atoms with Gasteiger partial charge in [-0.05, 0) is 32.9 Å². The summed E-state index contributed by atoms with van der Waals surface area (Å²) in [6.07, 6.45) is -0.551. The maximum atomic E-state index is 11.8. The summed E-state index contributed by atoms with van der Waals surface area (Å²) >= 11 is 5.80. The predicted octanol–water partition coefficient (Wildman–Crippen LogP) is 2.27. The van der Waals surface area contributed by atoms with Crippen LogP contribution in [0.5, 0.6) is 5.88 Å². The van der Waals surface area contributed by atoms with E-state index >= 15 is 0 Å². The maximum absolute atomic E-state index is 11.8. The molecule has 1 amide bonds. The summed E-state index contributed by atoms with van der Waals surface area (Å²) in [6.45, 7) is 5.54. The third-order valence-electron chi connectivity index (χ3n) is 2.35. The standard InChI is InChI=1S/C13H20ClN3O3/c1-13(2,3)20-12(18)16-9(7-15)8-5-6-10(14)17-11(8)19-4/h5-6,9H,7,15H2,1-4H3,(H,16,18). The van der Waals surface area contributed by atoms with Crippen molar-refractivity contribution in [2.75, 3.05) is 13.7 Å². The Labute approximate surface area is 123 Å². The Bertz CT molecular complexity index is 474. The molecule has 1 heterocycles. The molecule has 0 radical (unpaired) electrons. The summed E-state index contributed by atoms with van der Waals surface area (Å²) in [4.78, 5) is 15.8. The summed E-state index contributed by atoms with van der Waals surface area (Å²) in [5.74, 6) is 0.323. The van der Waals surface area contributed by atoms with Crippen molar-refractivity contribution in [2.24, 2.45) is 5.73 Å². The van der Waals surface area contributed by atoms with Crippen LogP contribution in [0.4, 0.5) is 4.79 Å². The second kappa shape index (κ2) is 6.76. The van der Waals surface area contributed by atoms with Crippen LogP contribution in [0, 0.1) is 0 Å². The molecule has 0 aromatic carbocycles. The Kier molecular flexibility index (Phi) is 5.59. The number of nitrogens with two attached hydrogens (primary N) is 1. The van der Waals surface area contributed by atoms with E-state index in [1.54, 1.807) is 32.9 Å². The van der Waals surface area contributed by atoms with Gasteiger partial charge in [0.05, 0.1) is 13.2 Å². The Hall–Kier alpha value is -1.53. The summed E-state index contributed by atoms with van der Waals surface area (Å²) in [5, 5.41) is 2.99. The first kappa shape index (κ1) is 16.5. The van der Waals surface area contributed by atoms with E-state index in [9.17, 15) is 4.79 Å². The molecule has 1 aromatic rings. The number of carbonyl (C=O) groups is 1. The van der Waals surface area contributed by atoms with Crippen LogP contribution in [0.3, 0.4) is 0 Å². The van der Waals surface area contributed by atoms with Crippen LogP contribution < -0.4 is 15.8 Å². The second-order valence-corrected chi connectivity index (χ2v) is 5.55. The van der Waals surface area contributed by atoms with Crippen LogP contribution in [0.25, 0.3) is 0 Å². The minimum absolute atomic E-state index is 0.179. The first-order chi connectivity index (χ1) is 9.26. The van der Waals surface area contributed by atoms with Gasteiger partial charge >= 0.3 is 6.09 Å². The molecule has 0 aliphatic rings. The van der Waals surface area contributed by atoms with Crippen LogP contribution in [0.1, 0.15) is 32.4 Å². The van der Waals surface area contributed by atoms with E-state index in [1.165, 1.54) is 7.11 Å². The smallest absolute Gasteiger partial charge is 0.408 e. The number of hydrogen-bond donors (Lipinski definition) is 2. The third kappa shape index (κ3) is 4.86. The summed E-state index contributed by atoms with van der Waals surface area (Å²) in [6, 6.07) is 2.85. The molecule has 0 spiro atoms. The topological polar surface area (TPSA) is 86.5 Å². The van der Waals surface area contributed by atoms with Gasteiger partial charge in [-0.2, -0.15) is 0 Å². The Balaban J connectivity index is 2.89. The van der Waals surface area contributed by atoms with E-state index in [0.717, 1.165) is 0 Å². The number of nitrogens with one attached hydrogen (secondary N) is 1. The van der Waals surface area contributed by atoms with Gasteiger partial charge in [-0.25, -0.2) is 9.78 Å². The van der Waals surface area contributed by atoms with Crippen molar-refractivity contribution < 1.29 is 14.3 Å². The summed E-state index contributed by atoms with van der Waals surface area (Å²) in [7, 11) is 1.48. The van der Waals surface area contributed by atoms with Crippen molar-refractivity contribution in [3.63, 3.8) is 0 Å². The molecule has 0 aliphatic carbocycles. The number of amides is 1. The number of alkyl carbamates (subject to hydrolysis) is 1. The van der Waals surface area contributed by atoms with Crippen molar-refractivity contribution in [3.05, 3.63) is 22.8 Å². The number of halogens is 1. The zero-order chi connectivity index (χ0) is 15.3. The fourth-order valence-electron chi connectivity index (χ4n) is 1.57. The molecular formula is C13H20ClN3O3. The molecule has 0 aliphatic heterocycles. The SMILES string of the molecule is COc1nc(Cl)ccc1C(CN)NC(=O)OC(C)(C)C. The van der Waals surface area contributed by atoms with Crippen molar-refractivity contribution in [3.8, 4) is 5.88 Å². The normalized spacial score (nSPS) is 12.7. The van der Waals surface area contributed by atoms with Crippen LogP contribution in [-0.2, 0) is 4.74 Å². The highest BCUT2D eigenvalue weighted by Gasteiger charge is 2.22. The minimum atomic E-state index is -0.578. The average Bonchev–Trinajstić information content (AvgIpc) is 2.34. The highest BCUT2D eigenvalue weighted by Crippen LogP contribution is 2.24. The number of pyridine rings is 1. The lowest BCUT2D eigenvalue weighted by molar-refractivity contribution is 0.0504. The van der Waals surface area contributed by atoms with Gasteiger partial charge in [0.15, 0.2) is 0 Å². The van der Waals surface area contributed by atoms with Crippen molar-refractivity contribution in [1.82, 2.24) is 10.3 Å². The number of hydrogen-bond acceptors (Lipinski definition) is 5. The molecule has 0 bridgehead atoms. The molecule has 7 heteroatoms. The van der Waals surface area contributed by atoms with Gasteiger partial charge in [-0.15, -0.1) is 0 Å². The molecule has 6 nitrogen and oxygen atoms in total. The molecule has 0 fully saturated rings. The van der Waals surface area contributed by atoms with Gasteiger partial charge in [0.1, 0.15) is 10.8 Å². The highest BCUT2D eigenvalue weighted by atomic mass is 35.5. The maximum Gasteiger partial charge on any atom is 0.408 e. The first-order valence-electron chi connectivity index (χ1n) is 6.17. The Morgan fingerprint density at radius 1 is 1.50 bits per heavy atom. The molecule has 112 valence electrons. The van der Waals surface area contributed by atoms with E-state index in [1.807, 2.05) is 0 Å². The fraction of sp³-hybridized carbons (Fsp3) is 0.538. The molecule has 20 heavy (non-hydrogen) atoms. The molecule has 0 saturated heterocycles. The van der Waals surface area contributed by atoms with E-state index in [2.05, 4.69) is 10.3 Å². The highest BCUT2D eigenvalue weighted by molar-refractivity contribution is 6.29. The third-order valence-corrected chi connectivity index (χ3v) is 2.56. The molecule has 3 N–H and O–H groups in total. The van der Waals surface area contributed by atoms with E-state index < -0.39 is 17.7 Å². The molecule has 1 atom stereocenters. The largest absolute Gasteiger partial charge is 0.481 e. The van der Waals surface area contributed by atoms with E-state index in [0.29, 0.717) is 16.6 Å². The average molecular weight is 302 g/mol. The van der Waals surface area contributed by atoms with Crippen molar-refractivity contribution >= 4 is 17.7 Å². The number of carbonyl (C=O) groups excluding carboxylic acids is 1. The lowest BCUT2D eigenvalue weighted by Crippen LogP contribution is -2.38. The Morgan fingerprint density at radius 3 is 2.65 bits per heavy atom. The quantitative estimate of drug-likeness (QED) is 0.833. The number of rotatable bonds is 4. The number of methoxy groups -OCH3 is 1. The van der Waals surface area contributed by atoms with Gasteiger partial charge in [0, 0.05) is 12.1 Å². The van der Waals surface area contributed by atoms with Gasteiger partial charge in [-0.1, -0.05) is 11.6 Å². The zero-order valence-corrected chi connectivity index (χ0v) is 12.8. The van der Waals surface area contributed by atoms with Gasteiger partial charge in [0.2, 0.25) is 5.88 Å². The Morgan fingerprint density at radius 2 is 2.15 bits per heavy atom. The van der Waals surface area contributed by atoms with E-state index in [-0.39, 0.29) is 6.54 Å². The lowest BCUT2D eigenvalue weighted by atomic mass is 10.1. The molecule has 1 aromatic heterocycles. The number of ether oxygens (including phenoxy) is 2. The van der Waals surface area contributed by atoms with Crippen molar-refractivity contribution in [2.45, 2.75) is 32.4 Å². The van der Waals surface area contributed by atoms with Gasteiger partial charge < -0.3 is 20.5 Å². The van der Waals surface area contributed by atoms with E-state index in [4.69, 9.17) is 26.8 Å². The second-order valence-electron chi connectivity index (χ2n) is 5.17. The predicted molar refractivity (Wildman–Crippen MR) is 77.0 cm³/mol. The minimum Gasteiger partial charge on any atom is -0.481 e. The number of aromatic nitrogens is 1. The molecular weight excluding hydrogens is 282 g/mol. The fourth-order valence-corrected chi connectivity index (χ4v) is 1.71. The monoisotopic (exact) mass is 301 g/mol. The summed E-state index contributed by atoms with van der Waals surface area (Å²) < 4.78 is 10.3. The number of nitrogens with zero attached hydrogens (tertiary/aromatic N) is 1. The van der Waals surface area contributed by atoms with Gasteiger partial charge in [0.25, 0.3) is 0 Å². The molecule has 1 rings (SSSR count). The summed E-state index contributed by atoms with van der Waals surface area (Å²) in [5.41, 5.74) is 5.76.